The van der Waals surface area contributed by atoms with E-state index >= 15 is 0 Å². The summed E-state index contributed by atoms with van der Waals surface area (Å²) in [6, 6.07) is 41.5. The van der Waals surface area contributed by atoms with Crippen LogP contribution in [-0.4, -0.2) is 0 Å². The van der Waals surface area contributed by atoms with Crippen LogP contribution < -0.4 is 9.64 Å². The van der Waals surface area contributed by atoms with Gasteiger partial charge >= 0.3 is 0 Å². The van der Waals surface area contributed by atoms with Gasteiger partial charge in [-0.15, -0.1) is 0 Å². The van der Waals surface area contributed by atoms with Crippen LogP contribution >= 0.6 is 0 Å². The van der Waals surface area contributed by atoms with Gasteiger partial charge in [-0.2, -0.15) is 0 Å². The summed E-state index contributed by atoms with van der Waals surface area (Å²) in [5.41, 5.74) is 10.9. The number of rotatable bonds is 3. The molecule has 0 aliphatic carbocycles. The third-order valence-electron chi connectivity index (χ3n) is 7.82. The van der Waals surface area contributed by atoms with E-state index in [2.05, 4.69) is 137 Å². The molecule has 0 atom stereocenters. The lowest BCUT2D eigenvalue weighted by Gasteiger charge is -2.33. The molecule has 200 valence electrons. The van der Waals surface area contributed by atoms with Crippen molar-refractivity contribution in [1.29, 1.82) is 0 Å². The maximum absolute atomic E-state index is 6.28. The minimum absolute atomic E-state index is 0.104. The minimum atomic E-state index is 0.104. The quantitative estimate of drug-likeness (QED) is 0.229. The van der Waals surface area contributed by atoms with E-state index < -0.39 is 0 Å². The summed E-state index contributed by atoms with van der Waals surface area (Å²) in [4.78, 5) is 2.31. The third kappa shape index (κ3) is 4.79. The largest absolute Gasteiger partial charge is 0.453 e. The van der Waals surface area contributed by atoms with E-state index in [-0.39, 0.29) is 10.8 Å². The Labute approximate surface area is 238 Å². The molecule has 5 aromatic rings. The van der Waals surface area contributed by atoms with E-state index in [4.69, 9.17) is 4.74 Å². The van der Waals surface area contributed by atoms with Gasteiger partial charge in [0.05, 0.1) is 11.4 Å². The lowest BCUT2D eigenvalue weighted by Crippen LogP contribution is -2.15. The summed E-state index contributed by atoms with van der Waals surface area (Å²) < 4.78 is 6.28. The van der Waals surface area contributed by atoms with Crippen molar-refractivity contribution in [3.8, 4) is 33.8 Å². The van der Waals surface area contributed by atoms with E-state index in [0.29, 0.717) is 0 Å². The number of para-hydroxylation sites is 4. The topological polar surface area (TPSA) is 12.5 Å². The molecule has 0 fully saturated rings. The predicted octanol–water partition coefficient (Wildman–Crippen LogP) is 11.2. The summed E-state index contributed by atoms with van der Waals surface area (Å²) in [5, 5.41) is 0. The van der Waals surface area contributed by atoms with Crippen molar-refractivity contribution in [3.63, 3.8) is 0 Å². The standard InChI is InChI=1S/C38H37NO/c1-37(2,3)28-19-15-26(16-20-28)31-24-23-30(25-32(31)27-17-21-29(22-18-27)38(4,5)6)39-33-11-7-9-13-35(33)40-36-14-10-8-12-34(36)39/h7-25H,1-6H3. The van der Waals surface area contributed by atoms with Crippen LogP contribution in [0.15, 0.2) is 115 Å². The molecule has 1 aliphatic heterocycles. The minimum Gasteiger partial charge on any atom is -0.453 e. The lowest BCUT2D eigenvalue weighted by molar-refractivity contribution is 0.477. The van der Waals surface area contributed by atoms with Crippen LogP contribution in [0.4, 0.5) is 17.1 Å². The number of hydrogen-bond donors (Lipinski definition) is 0. The van der Waals surface area contributed by atoms with Crippen LogP contribution in [0.3, 0.4) is 0 Å². The predicted molar refractivity (Wildman–Crippen MR) is 169 cm³/mol. The maximum atomic E-state index is 6.28. The first-order chi connectivity index (χ1) is 19.1. The highest BCUT2D eigenvalue weighted by atomic mass is 16.5. The van der Waals surface area contributed by atoms with Crippen LogP contribution in [0, 0.1) is 0 Å². The molecule has 5 aromatic carbocycles. The monoisotopic (exact) mass is 523 g/mol. The smallest absolute Gasteiger partial charge is 0.151 e. The molecule has 0 amide bonds. The highest BCUT2D eigenvalue weighted by Crippen LogP contribution is 2.51. The van der Waals surface area contributed by atoms with Crippen molar-refractivity contribution >= 4 is 17.1 Å². The fourth-order valence-electron chi connectivity index (χ4n) is 5.44. The fourth-order valence-corrected chi connectivity index (χ4v) is 5.44. The van der Waals surface area contributed by atoms with Crippen molar-refractivity contribution in [2.24, 2.45) is 0 Å². The SMILES string of the molecule is CC(C)(C)c1ccc(-c2ccc(N3c4ccccc4Oc4ccccc43)cc2-c2ccc(C(C)(C)C)cc2)cc1. The van der Waals surface area contributed by atoms with Gasteiger partial charge in [0.2, 0.25) is 0 Å². The first-order valence-corrected chi connectivity index (χ1v) is 14.1. The van der Waals surface area contributed by atoms with Gasteiger partial charge in [0, 0.05) is 5.69 Å². The Morgan fingerprint density at radius 1 is 0.475 bits per heavy atom. The summed E-state index contributed by atoms with van der Waals surface area (Å²) in [6.45, 7) is 13.6. The Morgan fingerprint density at radius 3 is 1.40 bits per heavy atom. The van der Waals surface area contributed by atoms with E-state index in [9.17, 15) is 0 Å². The number of fused-ring (bicyclic) bond motifs is 2. The van der Waals surface area contributed by atoms with Crippen LogP contribution in [0.2, 0.25) is 0 Å². The highest BCUT2D eigenvalue weighted by molar-refractivity contribution is 5.91. The van der Waals surface area contributed by atoms with Gasteiger partial charge in [0.25, 0.3) is 0 Å². The molecule has 2 nitrogen and oxygen atoms in total. The number of anilines is 3. The zero-order valence-corrected chi connectivity index (χ0v) is 24.3. The van der Waals surface area contributed by atoms with Crippen LogP contribution in [0.25, 0.3) is 22.3 Å². The molecule has 1 aliphatic rings. The number of ether oxygens (including phenoxy) is 1. The van der Waals surface area contributed by atoms with Crippen LogP contribution in [0.1, 0.15) is 52.7 Å². The molecule has 0 unspecified atom stereocenters. The zero-order chi connectivity index (χ0) is 28.1. The molecule has 6 rings (SSSR count). The molecule has 0 aromatic heterocycles. The molecule has 1 heterocycles. The Bertz CT molecular complexity index is 1620. The Kier molecular flexibility index (Phi) is 6.30. The molecule has 0 bridgehead atoms. The van der Waals surface area contributed by atoms with E-state index in [0.717, 1.165) is 28.6 Å². The molecular formula is C38H37NO. The van der Waals surface area contributed by atoms with Crippen molar-refractivity contribution in [2.75, 3.05) is 4.90 Å². The second-order valence-electron chi connectivity index (χ2n) is 12.8. The second-order valence-corrected chi connectivity index (χ2v) is 12.8. The van der Waals surface area contributed by atoms with E-state index in [1.807, 2.05) is 24.3 Å². The van der Waals surface area contributed by atoms with Gasteiger partial charge in [-0.25, -0.2) is 0 Å². The third-order valence-corrected chi connectivity index (χ3v) is 7.82. The molecule has 0 saturated carbocycles. The van der Waals surface area contributed by atoms with E-state index in [1.165, 1.54) is 33.4 Å². The van der Waals surface area contributed by atoms with Crippen molar-refractivity contribution in [2.45, 2.75) is 52.4 Å². The first-order valence-electron chi connectivity index (χ1n) is 14.1. The van der Waals surface area contributed by atoms with Gasteiger partial charge in [-0.3, -0.25) is 0 Å². The lowest BCUT2D eigenvalue weighted by atomic mass is 9.84. The molecule has 0 spiro atoms. The van der Waals surface area contributed by atoms with Crippen LogP contribution in [0.5, 0.6) is 11.5 Å². The van der Waals surface area contributed by atoms with Gasteiger partial charge < -0.3 is 9.64 Å². The molecular weight excluding hydrogens is 486 g/mol. The van der Waals surface area contributed by atoms with Crippen LogP contribution in [-0.2, 0) is 10.8 Å². The first kappa shape index (κ1) is 26.0. The maximum Gasteiger partial charge on any atom is 0.151 e. The highest BCUT2D eigenvalue weighted by Gasteiger charge is 2.26. The summed E-state index contributed by atoms with van der Waals surface area (Å²) >= 11 is 0. The normalized spacial score (nSPS) is 12.9. The van der Waals surface area contributed by atoms with Crippen molar-refractivity contribution in [3.05, 3.63) is 126 Å². The average Bonchev–Trinajstić information content (AvgIpc) is 2.95. The summed E-state index contributed by atoms with van der Waals surface area (Å²) in [7, 11) is 0. The zero-order valence-electron chi connectivity index (χ0n) is 24.3. The van der Waals surface area contributed by atoms with Crippen molar-refractivity contribution < 1.29 is 4.74 Å². The summed E-state index contributed by atoms with van der Waals surface area (Å²) in [5.74, 6) is 1.72. The molecule has 0 saturated heterocycles. The molecule has 0 radical (unpaired) electrons. The molecule has 0 N–H and O–H groups in total. The fraction of sp³-hybridized carbons (Fsp3) is 0.211. The van der Waals surface area contributed by atoms with Gasteiger partial charge in [-0.05, 0) is 80.6 Å². The Balaban J connectivity index is 1.53. The number of nitrogens with zero attached hydrogens (tertiary/aromatic N) is 1. The van der Waals surface area contributed by atoms with Gasteiger partial charge in [0.1, 0.15) is 0 Å². The summed E-state index contributed by atoms with van der Waals surface area (Å²) in [6.07, 6.45) is 0. The van der Waals surface area contributed by atoms with Gasteiger partial charge in [0.15, 0.2) is 11.5 Å². The average molecular weight is 524 g/mol. The van der Waals surface area contributed by atoms with Crippen molar-refractivity contribution in [1.82, 2.24) is 0 Å². The molecule has 40 heavy (non-hydrogen) atoms. The number of benzene rings is 5. The Hall–Kier alpha value is -4.30. The number of hydrogen-bond acceptors (Lipinski definition) is 2. The molecule has 2 heteroatoms. The second kappa shape index (κ2) is 9.71. The van der Waals surface area contributed by atoms with E-state index in [1.54, 1.807) is 0 Å². The Morgan fingerprint density at radius 2 is 0.925 bits per heavy atom. The van der Waals surface area contributed by atoms with Gasteiger partial charge in [-0.1, -0.05) is 120 Å².